The number of nitrogen functional groups attached to an aromatic ring is 1. The number of anilines is 1. The van der Waals surface area contributed by atoms with Crippen LogP contribution in [0.5, 0.6) is 0 Å². The highest BCUT2D eigenvalue weighted by atomic mass is 16.5. The Labute approximate surface area is 105 Å². The fraction of sp³-hybridized carbons (Fsp3) is 0.385. The summed E-state index contributed by atoms with van der Waals surface area (Å²) in [5.74, 6) is 1.66. The average Bonchev–Trinajstić information content (AvgIpc) is 2.83. The molecule has 1 fully saturated rings. The molecule has 0 unspecified atom stereocenters. The van der Waals surface area contributed by atoms with Crippen molar-refractivity contribution in [2.24, 2.45) is 0 Å². The van der Waals surface area contributed by atoms with Crippen LogP contribution in [0, 0.1) is 0 Å². The van der Waals surface area contributed by atoms with Crippen molar-refractivity contribution >= 4 is 5.82 Å². The number of aromatic nitrogens is 2. The quantitative estimate of drug-likeness (QED) is 0.878. The third-order valence-corrected chi connectivity index (χ3v) is 3.31. The van der Waals surface area contributed by atoms with Crippen LogP contribution in [-0.2, 0) is 4.74 Å². The largest absolute Gasteiger partial charge is 0.381 e. The summed E-state index contributed by atoms with van der Waals surface area (Å²) < 4.78 is 10.8. The summed E-state index contributed by atoms with van der Waals surface area (Å²) in [4.78, 5) is 4.02. The van der Waals surface area contributed by atoms with E-state index in [1.54, 1.807) is 12.4 Å². The molecule has 2 N–H and O–H groups in total. The van der Waals surface area contributed by atoms with E-state index in [0.29, 0.717) is 11.7 Å². The van der Waals surface area contributed by atoms with Gasteiger partial charge in [-0.2, -0.15) is 0 Å². The molecule has 94 valence electrons. The van der Waals surface area contributed by atoms with Crippen LogP contribution >= 0.6 is 0 Å². The standard InChI is InChI=1S/C13H15N3O2/c14-13-11(9-1-5-15-6-2-9)12(18-16-13)10-3-7-17-8-4-10/h1-2,5-6,10H,3-4,7-8H2,(H2,14,16). The monoisotopic (exact) mass is 245 g/mol. The highest BCUT2D eigenvalue weighted by Gasteiger charge is 2.25. The van der Waals surface area contributed by atoms with E-state index in [9.17, 15) is 0 Å². The summed E-state index contributed by atoms with van der Waals surface area (Å²) in [5.41, 5.74) is 7.84. The zero-order valence-electron chi connectivity index (χ0n) is 10.0. The lowest BCUT2D eigenvalue weighted by molar-refractivity contribution is 0.0792. The second kappa shape index (κ2) is 4.78. The smallest absolute Gasteiger partial charge is 0.175 e. The van der Waals surface area contributed by atoms with E-state index in [0.717, 1.165) is 42.9 Å². The molecule has 2 aromatic heterocycles. The Morgan fingerprint density at radius 1 is 1.17 bits per heavy atom. The summed E-state index contributed by atoms with van der Waals surface area (Å²) in [6, 6.07) is 3.84. The lowest BCUT2D eigenvalue weighted by Gasteiger charge is -2.20. The molecule has 1 aliphatic heterocycles. The van der Waals surface area contributed by atoms with Gasteiger partial charge in [-0.1, -0.05) is 5.16 Å². The van der Waals surface area contributed by atoms with Crippen molar-refractivity contribution in [1.82, 2.24) is 10.1 Å². The van der Waals surface area contributed by atoms with Gasteiger partial charge < -0.3 is 15.0 Å². The third kappa shape index (κ3) is 1.97. The first-order chi connectivity index (χ1) is 8.86. The van der Waals surface area contributed by atoms with Gasteiger partial charge in [-0.05, 0) is 30.5 Å². The number of nitrogens with zero attached hydrogens (tertiary/aromatic N) is 2. The van der Waals surface area contributed by atoms with Crippen LogP contribution in [0.25, 0.3) is 11.1 Å². The van der Waals surface area contributed by atoms with E-state index in [2.05, 4.69) is 10.1 Å². The van der Waals surface area contributed by atoms with E-state index < -0.39 is 0 Å². The number of ether oxygens (including phenoxy) is 1. The summed E-state index contributed by atoms with van der Waals surface area (Å²) in [6.07, 6.45) is 5.39. The van der Waals surface area contributed by atoms with Crippen molar-refractivity contribution in [2.75, 3.05) is 18.9 Å². The Balaban J connectivity index is 2.01. The molecule has 1 saturated heterocycles. The molecule has 0 aliphatic carbocycles. The molecule has 0 amide bonds. The van der Waals surface area contributed by atoms with Crippen LogP contribution in [0.15, 0.2) is 29.0 Å². The maximum absolute atomic E-state index is 5.92. The fourth-order valence-corrected chi connectivity index (χ4v) is 2.36. The highest BCUT2D eigenvalue weighted by molar-refractivity contribution is 5.75. The van der Waals surface area contributed by atoms with Crippen molar-refractivity contribution in [3.63, 3.8) is 0 Å². The Bertz CT molecular complexity index is 518. The molecule has 0 saturated carbocycles. The molecule has 0 radical (unpaired) electrons. The molecule has 0 atom stereocenters. The van der Waals surface area contributed by atoms with Gasteiger partial charge in [-0.15, -0.1) is 0 Å². The molecule has 0 bridgehead atoms. The number of pyridine rings is 1. The van der Waals surface area contributed by atoms with Crippen molar-refractivity contribution in [1.29, 1.82) is 0 Å². The van der Waals surface area contributed by atoms with E-state index in [-0.39, 0.29) is 0 Å². The number of rotatable bonds is 2. The van der Waals surface area contributed by atoms with E-state index >= 15 is 0 Å². The minimum Gasteiger partial charge on any atom is -0.381 e. The van der Waals surface area contributed by atoms with Crippen LogP contribution in [0.3, 0.4) is 0 Å². The van der Waals surface area contributed by atoms with E-state index in [1.807, 2.05) is 12.1 Å². The van der Waals surface area contributed by atoms with E-state index in [1.165, 1.54) is 0 Å². The summed E-state index contributed by atoms with van der Waals surface area (Å²) in [6.45, 7) is 1.53. The highest BCUT2D eigenvalue weighted by Crippen LogP contribution is 2.37. The summed E-state index contributed by atoms with van der Waals surface area (Å²) in [5, 5.41) is 3.91. The van der Waals surface area contributed by atoms with Gasteiger partial charge in [-0.3, -0.25) is 4.98 Å². The zero-order valence-corrected chi connectivity index (χ0v) is 10.0. The maximum atomic E-state index is 5.92. The number of nitrogens with two attached hydrogens (primary N) is 1. The van der Waals surface area contributed by atoms with Gasteiger partial charge >= 0.3 is 0 Å². The van der Waals surface area contributed by atoms with Crippen molar-refractivity contribution in [3.05, 3.63) is 30.3 Å². The Morgan fingerprint density at radius 3 is 2.61 bits per heavy atom. The Kier molecular flexibility index (Phi) is 2.98. The minimum absolute atomic E-state index is 0.340. The van der Waals surface area contributed by atoms with E-state index in [4.69, 9.17) is 15.0 Å². The van der Waals surface area contributed by atoms with Crippen LogP contribution < -0.4 is 5.73 Å². The molecule has 0 aromatic carbocycles. The fourth-order valence-electron chi connectivity index (χ4n) is 2.36. The molecule has 5 nitrogen and oxygen atoms in total. The van der Waals surface area contributed by atoms with Gasteiger partial charge in [0.05, 0.1) is 5.56 Å². The normalized spacial score (nSPS) is 16.9. The second-order valence-electron chi connectivity index (χ2n) is 4.43. The van der Waals surface area contributed by atoms with Crippen molar-refractivity contribution < 1.29 is 9.26 Å². The van der Waals surface area contributed by atoms with Crippen LogP contribution in [0.2, 0.25) is 0 Å². The molecule has 3 rings (SSSR count). The minimum atomic E-state index is 0.340. The third-order valence-electron chi connectivity index (χ3n) is 3.31. The molecule has 3 heterocycles. The maximum Gasteiger partial charge on any atom is 0.175 e. The van der Waals surface area contributed by atoms with Crippen molar-refractivity contribution in [3.8, 4) is 11.1 Å². The SMILES string of the molecule is Nc1noc(C2CCOCC2)c1-c1ccncc1. The number of hydrogen-bond donors (Lipinski definition) is 1. The first-order valence-corrected chi connectivity index (χ1v) is 6.09. The summed E-state index contributed by atoms with van der Waals surface area (Å²) in [7, 11) is 0. The predicted molar refractivity (Wildman–Crippen MR) is 66.9 cm³/mol. The molecular formula is C13H15N3O2. The second-order valence-corrected chi connectivity index (χ2v) is 4.43. The lowest BCUT2D eigenvalue weighted by Crippen LogP contribution is -2.14. The predicted octanol–water partition coefficient (Wildman–Crippen LogP) is 2.21. The van der Waals surface area contributed by atoms with Crippen LogP contribution in [0.1, 0.15) is 24.5 Å². The summed E-state index contributed by atoms with van der Waals surface area (Å²) >= 11 is 0. The van der Waals surface area contributed by atoms with Crippen LogP contribution in [-0.4, -0.2) is 23.4 Å². The number of hydrogen-bond acceptors (Lipinski definition) is 5. The van der Waals surface area contributed by atoms with Gasteiger partial charge in [0.2, 0.25) is 0 Å². The van der Waals surface area contributed by atoms with Crippen molar-refractivity contribution in [2.45, 2.75) is 18.8 Å². The van der Waals surface area contributed by atoms with Gasteiger partial charge in [0.15, 0.2) is 5.82 Å². The topological polar surface area (TPSA) is 74.2 Å². The molecule has 5 heteroatoms. The lowest BCUT2D eigenvalue weighted by atomic mass is 9.92. The Hall–Kier alpha value is -1.88. The average molecular weight is 245 g/mol. The molecule has 2 aromatic rings. The van der Waals surface area contributed by atoms with Gasteiger partial charge in [0, 0.05) is 31.5 Å². The van der Waals surface area contributed by atoms with Gasteiger partial charge in [-0.25, -0.2) is 0 Å². The molecular weight excluding hydrogens is 230 g/mol. The first kappa shape index (κ1) is 11.2. The van der Waals surface area contributed by atoms with Gasteiger partial charge in [0.25, 0.3) is 0 Å². The Morgan fingerprint density at radius 2 is 1.89 bits per heavy atom. The zero-order chi connectivity index (χ0) is 12.4. The van der Waals surface area contributed by atoms with Gasteiger partial charge in [0.1, 0.15) is 5.76 Å². The molecule has 1 aliphatic rings. The molecule has 0 spiro atoms. The first-order valence-electron chi connectivity index (χ1n) is 6.09. The molecule has 18 heavy (non-hydrogen) atoms. The van der Waals surface area contributed by atoms with Crippen LogP contribution in [0.4, 0.5) is 5.82 Å².